The smallest absolute Gasteiger partial charge is 0.251 e. The van der Waals surface area contributed by atoms with Gasteiger partial charge in [-0.2, -0.15) is 5.10 Å². The number of ether oxygens (including phenoxy) is 2. The first-order valence-corrected chi connectivity index (χ1v) is 9.71. The molecule has 0 spiro atoms. The van der Waals surface area contributed by atoms with Crippen LogP contribution in [0.4, 0.5) is 0 Å². The van der Waals surface area contributed by atoms with Gasteiger partial charge in [-0.3, -0.25) is 14.4 Å². The summed E-state index contributed by atoms with van der Waals surface area (Å²) in [6.45, 7) is 5.76. The summed E-state index contributed by atoms with van der Waals surface area (Å²) in [5.74, 6) is 1.57. The fraction of sp³-hybridized carbons (Fsp3) is 0.524. The van der Waals surface area contributed by atoms with Crippen molar-refractivity contribution in [1.29, 1.82) is 0 Å². The van der Waals surface area contributed by atoms with E-state index >= 15 is 0 Å². The molecule has 1 saturated heterocycles. The van der Waals surface area contributed by atoms with Crippen molar-refractivity contribution in [2.45, 2.75) is 26.3 Å². The Morgan fingerprint density at radius 2 is 1.96 bits per heavy atom. The highest BCUT2D eigenvalue weighted by molar-refractivity contribution is 5.95. The van der Waals surface area contributed by atoms with Crippen LogP contribution in [0.1, 0.15) is 34.5 Å². The highest BCUT2D eigenvalue weighted by Crippen LogP contribution is 2.23. The van der Waals surface area contributed by atoms with E-state index in [4.69, 9.17) is 9.47 Å². The number of rotatable bonds is 7. The van der Waals surface area contributed by atoms with Crippen molar-refractivity contribution < 1.29 is 14.3 Å². The maximum atomic E-state index is 12.6. The van der Waals surface area contributed by atoms with Gasteiger partial charge in [-0.25, -0.2) is 0 Å². The van der Waals surface area contributed by atoms with Gasteiger partial charge >= 0.3 is 0 Å². The number of piperidine rings is 1. The Labute approximate surface area is 166 Å². The number of methoxy groups -OCH3 is 2. The molecule has 1 aliphatic rings. The topological polar surface area (TPSA) is 68.6 Å². The SMILES string of the molecule is COc1cc(OC)cc(C(=O)NC[C@@H]2CCCN(Cc3cnn(C)c3C)C2)c1. The summed E-state index contributed by atoms with van der Waals surface area (Å²) < 4.78 is 12.4. The van der Waals surface area contributed by atoms with Gasteiger partial charge in [0.25, 0.3) is 5.91 Å². The van der Waals surface area contributed by atoms with Crippen LogP contribution in [-0.2, 0) is 13.6 Å². The van der Waals surface area contributed by atoms with Crippen molar-refractivity contribution in [1.82, 2.24) is 20.0 Å². The number of hydrogen-bond acceptors (Lipinski definition) is 5. The number of nitrogens with one attached hydrogen (secondary N) is 1. The molecule has 7 nitrogen and oxygen atoms in total. The number of hydrogen-bond donors (Lipinski definition) is 1. The third kappa shape index (κ3) is 4.84. The molecule has 1 fully saturated rings. The maximum Gasteiger partial charge on any atom is 0.251 e. The number of aromatic nitrogens is 2. The van der Waals surface area contributed by atoms with Crippen LogP contribution in [-0.4, -0.2) is 54.4 Å². The zero-order valence-electron chi connectivity index (χ0n) is 17.2. The van der Waals surface area contributed by atoms with E-state index in [0.717, 1.165) is 32.5 Å². The van der Waals surface area contributed by atoms with E-state index in [0.29, 0.717) is 29.5 Å². The number of nitrogens with zero attached hydrogens (tertiary/aromatic N) is 3. The molecule has 1 N–H and O–H groups in total. The molecule has 152 valence electrons. The van der Waals surface area contributed by atoms with Gasteiger partial charge in [0.05, 0.1) is 20.4 Å². The third-order valence-electron chi connectivity index (χ3n) is 5.50. The molecule has 3 rings (SSSR count). The second-order valence-electron chi connectivity index (χ2n) is 7.43. The van der Waals surface area contributed by atoms with Crippen molar-refractivity contribution in [3.8, 4) is 11.5 Å². The number of likely N-dealkylation sites (tertiary alicyclic amines) is 1. The average molecular weight is 386 g/mol. The Bertz CT molecular complexity index is 796. The predicted molar refractivity (Wildman–Crippen MR) is 108 cm³/mol. The second-order valence-corrected chi connectivity index (χ2v) is 7.43. The van der Waals surface area contributed by atoms with Gasteiger partial charge < -0.3 is 14.8 Å². The molecule has 2 heterocycles. The molecule has 1 aromatic heterocycles. The molecule has 0 aliphatic carbocycles. The van der Waals surface area contributed by atoms with Crippen molar-refractivity contribution in [2.75, 3.05) is 33.9 Å². The van der Waals surface area contributed by atoms with Gasteiger partial charge in [0.2, 0.25) is 0 Å². The lowest BCUT2D eigenvalue weighted by Crippen LogP contribution is -2.40. The fourth-order valence-electron chi connectivity index (χ4n) is 3.68. The van der Waals surface area contributed by atoms with Crippen molar-refractivity contribution in [3.05, 3.63) is 41.2 Å². The molecule has 0 saturated carbocycles. The van der Waals surface area contributed by atoms with Crippen molar-refractivity contribution in [2.24, 2.45) is 13.0 Å². The van der Waals surface area contributed by atoms with Gasteiger partial charge in [-0.05, 0) is 44.4 Å². The van der Waals surface area contributed by atoms with Gasteiger partial charge in [-0.1, -0.05) is 0 Å². The normalized spacial score (nSPS) is 17.4. The summed E-state index contributed by atoms with van der Waals surface area (Å²) in [6.07, 6.45) is 4.23. The van der Waals surface area contributed by atoms with Crippen LogP contribution in [0.2, 0.25) is 0 Å². The molecule has 1 aromatic carbocycles. The van der Waals surface area contributed by atoms with Gasteiger partial charge in [0, 0.05) is 49.6 Å². The van der Waals surface area contributed by atoms with Crippen molar-refractivity contribution in [3.63, 3.8) is 0 Å². The summed E-state index contributed by atoms with van der Waals surface area (Å²) in [5, 5.41) is 7.41. The summed E-state index contributed by atoms with van der Waals surface area (Å²) in [7, 11) is 5.13. The van der Waals surface area contributed by atoms with Gasteiger partial charge in [-0.15, -0.1) is 0 Å². The summed E-state index contributed by atoms with van der Waals surface area (Å²) >= 11 is 0. The van der Waals surface area contributed by atoms with E-state index in [2.05, 4.69) is 22.2 Å². The molecule has 0 bridgehead atoms. The molecule has 0 unspecified atom stereocenters. The molecule has 28 heavy (non-hydrogen) atoms. The first-order chi connectivity index (χ1) is 13.5. The van der Waals surface area contributed by atoms with E-state index in [1.54, 1.807) is 32.4 Å². The first kappa shape index (κ1) is 20.2. The van der Waals surface area contributed by atoms with Crippen molar-refractivity contribution >= 4 is 5.91 Å². The third-order valence-corrected chi connectivity index (χ3v) is 5.50. The minimum atomic E-state index is -0.0996. The van der Waals surface area contributed by atoms with Crippen LogP contribution in [0.5, 0.6) is 11.5 Å². The van der Waals surface area contributed by atoms with Gasteiger partial charge in [0.1, 0.15) is 11.5 Å². The average Bonchev–Trinajstić information content (AvgIpc) is 3.03. The van der Waals surface area contributed by atoms with Gasteiger partial charge in [0.15, 0.2) is 0 Å². The first-order valence-electron chi connectivity index (χ1n) is 9.71. The summed E-state index contributed by atoms with van der Waals surface area (Å²) in [5.41, 5.74) is 3.04. The molecular weight excluding hydrogens is 356 g/mol. The molecular formula is C21H30N4O3. The maximum absolute atomic E-state index is 12.6. The van der Waals surface area contributed by atoms with Crippen LogP contribution in [0.3, 0.4) is 0 Å². The Hall–Kier alpha value is -2.54. The standard InChI is InChI=1S/C21H30N4O3/c1-15-18(12-23-24(15)2)14-25-7-5-6-16(13-25)11-22-21(26)17-8-19(27-3)10-20(9-17)28-4/h8-10,12,16H,5-7,11,13-14H2,1-4H3,(H,22,26)/t16-/m0/s1. The van der Waals surface area contributed by atoms with E-state index < -0.39 is 0 Å². The predicted octanol–water partition coefficient (Wildman–Crippen LogP) is 2.39. The lowest BCUT2D eigenvalue weighted by Gasteiger charge is -2.32. The number of amides is 1. The molecule has 0 radical (unpaired) electrons. The van der Waals surface area contributed by atoms with E-state index in [1.807, 2.05) is 17.9 Å². The van der Waals surface area contributed by atoms with Crippen LogP contribution in [0.25, 0.3) is 0 Å². The summed E-state index contributed by atoms with van der Waals surface area (Å²) in [6, 6.07) is 5.22. The van der Waals surface area contributed by atoms with Crippen LogP contribution in [0, 0.1) is 12.8 Å². The van der Waals surface area contributed by atoms with E-state index in [1.165, 1.54) is 11.3 Å². The molecule has 7 heteroatoms. The van der Waals surface area contributed by atoms with E-state index in [9.17, 15) is 4.79 Å². The molecule has 1 amide bonds. The van der Waals surface area contributed by atoms with Crippen LogP contribution < -0.4 is 14.8 Å². The monoisotopic (exact) mass is 386 g/mol. The lowest BCUT2D eigenvalue weighted by molar-refractivity contribution is 0.0930. The summed E-state index contributed by atoms with van der Waals surface area (Å²) in [4.78, 5) is 15.1. The van der Waals surface area contributed by atoms with Crippen LogP contribution >= 0.6 is 0 Å². The Kier molecular flexibility index (Phi) is 6.57. The molecule has 1 aliphatic heterocycles. The lowest BCUT2D eigenvalue weighted by atomic mass is 9.97. The Morgan fingerprint density at radius 1 is 1.25 bits per heavy atom. The number of aryl methyl sites for hydroxylation is 1. The second kappa shape index (κ2) is 9.10. The van der Waals surface area contributed by atoms with Crippen LogP contribution in [0.15, 0.2) is 24.4 Å². The number of carbonyl (C=O) groups is 1. The zero-order chi connectivity index (χ0) is 20.1. The quantitative estimate of drug-likeness (QED) is 0.791. The minimum Gasteiger partial charge on any atom is -0.497 e. The number of benzene rings is 1. The highest BCUT2D eigenvalue weighted by atomic mass is 16.5. The van der Waals surface area contributed by atoms with E-state index in [-0.39, 0.29) is 5.91 Å². The Morgan fingerprint density at radius 3 is 2.57 bits per heavy atom. The fourth-order valence-corrected chi connectivity index (χ4v) is 3.68. The highest BCUT2D eigenvalue weighted by Gasteiger charge is 2.22. The largest absolute Gasteiger partial charge is 0.497 e. The number of carbonyl (C=O) groups excluding carboxylic acids is 1. The Balaban J connectivity index is 1.55. The zero-order valence-corrected chi connectivity index (χ0v) is 17.2. The molecule has 2 aromatic rings. The molecule has 1 atom stereocenters. The minimum absolute atomic E-state index is 0.0996.